The molecule has 66 valence electrons. The van der Waals surface area contributed by atoms with Crippen LogP contribution in [0.15, 0.2) is 36.7 Å². The molecule has 12 heavy (non-hydrogen) atoms. The average Bonchev–Trinajstić information content (AvgIpc) is 2.03. The van der Waals surface area contributed by atoms with Crippen LogP contribution in [0.5, 0.6) is 0 Å². The second-order valence-corrected chi connectivity index (χ2v) is 3.61. The van der Waals surface area contributed by atoms with E-state index in [-0.39, 0.29) is 0 Å². The van der Waals surface area contributed by atoms with Crippen molar-refractivity contribution in [2.45, 2.75) is 11.9 Å². The maximum absolute atomic E-state index is 5.98. The van der Waals surface area contributed by atoms with Gasteiger partial charge in [0.05, 0.1) is 5.70 Å². The van der Waals surface area contributed by atoms with Crippen LogP contribution in [0.3, 0.4) is 0 Å². The third-order valence-electron chi connectivity index (χ3n) is 1.54. The van der Waals surface area contributed by atoms with Crippen molar-refractivity contribution in [1.82, 2.24) is 10.6 Å². The Morgan fingerprint density at radius 2 is 2.58 bits per heavy atom. The summed E-state index contributed by atoms with van der Waals surface area (Å²) >= 11 is 5.98. The first-order chi connectivity index (χ1) is 5.64. The molecule has 1 rings (SSSR count). The van der Waals surface area contributed by atoms with Crippen LogP contribution < -0.4 is 10.6 Å². The molecule has 1 heterocycles. The van der Waals surface area contributed by atoms with Gasteiger partial charge in [-0.2, -0.15) is 0 Å². The van der Waals surface area contributed by atoms with Gasteiger partial charge in [0.1, 0.15) is 5.00 Å². The van der Waals surface area contributed by atoms with Crippen molar-refractivity contribution >= 4 is 11.6 Å². The Morgan fingerprint density at radius 3 is 3.08 bits per heavy atom. The molecule has 1 aliphatic heterocycles. The highest BCUT2D eigenvalue weighted by molar-refractivity contribution is 6.24. The predicted octanol–water partition coefficient (Wildman–Crippen LogP) is 1.72. The van der Waals surface area contributed by atoms with Crippen LogP contribution in [-0.2, 0) is 0 Å². The minimum absolute atomic E-state index is 0.445. The van der Waals surface area contributed by atoms with Gasteiger partial charge in [0.2, 0.25) is 0 Å². The van der Waals surface area contributed by atoms with E-state index in [0.717, 1.165) is 12.2 Å². The van der Waals surface area contributed by atoms with Gasteiger partial charge in [0, 0.05) is 12.7 Å². The molecular formula is C9H13ClN2. The molecule has 2 nitrogen and oxygen atoms in total. The lowest BCUT2D eigenvalue weighted by Crippen LogP contribution is -2.34. The molecular weight excluding hydrogens is 172 g/mol. The van der Waals surface area contributed by atoms with Crippen molar-refractivity contribution in [2.75, 3.05) is 6.54 Å². The molecule has 0 saturated heterocycles. The molecule has 1 atom stereocenters. The lowest BCUT2D eigenvalue weighted by atomic mass is 10.2. The van der Waals surface area contributed by atoms with E-state index in [1.54, 1.807) is 0 Å². The van der Waals surface area contributed by atoms with E-state index in [9.17, 15) is 0 Å². The van der Waals surface area contributed by atoms with Gasteiger partial charge in [-0.25, -0.2) is 0 Å². The Morgan fingerprint density at radius 1 is 1.83 bits per heavy atom. The molecule has 1 unspecified atom stereocenters. The molecule has 1 aliphatic rings. The molecule has 0 radical (unpaired) electrons. The smallest absolute Gasteiger partial charge is 0.128 e. The Kier molecular flexibility index (Phi) is 2.82. The Balaban J connectivity index is 2.47. The Labute approximate surface area is 78.0 Å². The van der Waals surface area contributed by atoms with Gasteiger partial charge >= 0.3 is 0 Å². The van der Waals surface area contributed by atoms with E-state index >= 15 is 0 Å². The molecule has 0 aliphatic carbocycles. The maximum atomic E-state index is 5.98. The fraction of sp³-hybridized carbons (Fsp3) is 0.333. The number of hydrogen-bond acceptors (Lipinski definition) is 2. The van der Waals surface area contributed by atoms with Gasteiger partial charge in [-0.05, 0) is 19.1 Å². The molecule has 0 amide bonds. The zero-order valence-electron chi connectivity index (χ0n) is 7.10. The SMILES string of the molecule is C=CCNC1=CNC(C)(Cl)C=C1. The highest BCUT2D eigenvalue weighted by Crippen LogP contribution is 2.16. The summed E-state index contributed by atoms with van der Waals surface area (Å²) in [5.74, 6) is 0. The first-order valence-corrected chi connectivity index (χ1v) is 4.23. The minimum Gasteiger partial charge on any atom is -0.380 e. The molecule has 0 aromatic carbocycles. The third kappa shape index (κ3) is 2.62. The molecule has 2 N–H and O–H groups in total. The van der Waals surface area contributed by atoms with Crippen LogP contribution in [0.4, 0.5) is 0 Å². The number of hydrogen-bond donors (Lipinski definition) is 2. The van der Waals surface area contributed by atoms with Crippen molar-refractivity contribution < 1.29 is 0 Å². The highest BCUT2D eigenvalue weighted by Gasteiger charge is 2.16. The predicted molar refractivity (Wildman–Crippen MR) is 52.8 cm³/mol. The van der Waals surface area contributed by atoms with E-state index in [1.807, 2.05) is 31.4 Å². The molecule has 0 aromatic heterocycles. The van der Waals surface area contributed by atoms with E-state index < -0.39 is 5.00 Å². The summed E-state index contributed by atoms with van der Waals surface area (Å²) < 4.78 is 0. The number of dihydropyridines is 1. The summed E-state index contributed by atoms with van der Waals surface area (Å²) in [5, 5.41) is 6.18. The molecule has 0 saturated carbocycles. The number of rotatable bonds is 3. The molecule has 3 heteroatoms. The zero-order chi connectivity index (χ0) is 9.03. The number of halogens is 1. The van der Waals surface area contributed by atoms with Crippen molar-refractivity contribution in [1.29, 1.82) is 0 Å². The Hall–Kier alpha value is -0.890. The van der Waals surface area contributed by atoms with Gasteiger partial charge in [-0.3, -0.25) is 0 Å². The van der Waals surface area contributed by atoms with Gasteiger partial charge in [-0.1, -0.05) is 17.7 Å². The molecule has 0 aromatic rings. The topological polar surface area (TPSA) is 24.1 Å². The molecule has 0 fully saturated rings. The van der Waals surface area contributed by atoms with Gasteiger partial charge in [0.15, 0.2) is 0 Å². The maximum Gasteiger partial charge on any atom is 0.128 e. The zero-order valence-corrected chi connectivity index (χ0v) is 7.86. The van der Waals surface area contributed by atoms with Crippen LogP contribution in [-0.4, -0.2) is 11.5 Å². The lowest BCUT2D eigenvalue weighted by molar-refractivity contribution is 0.670. The van der Waals surface area contributed by atoms with Gasteiger partial charge in [-0.15, -0.1) is 6.58 Å². The first kappa shape index (κ1) is 9.20. The summed E-state index contributed by atoms with van der Waals surface area (Å²) in [4.78, 5) is -0.445. The van der Waals surface area contributed by atoms with Crippen LogP contribution >= 0.6 is 11.6 Å². The van der Waals surface area contributed by atoms with E-state index in [0.29, 0.717) is 0 Å². The van der Waals surface area contributed by atoms with Gasteiger partial charge < -0.3 is 10.6 Å². The normalized spacial score (nSPS) is 27.3. The number of alkyl halides is 1. The molecule has 0 spiro atoms. The van der Waals surface area contributed by atoms with Crippen molar-refractivity contribution in [2.24, 2.45) is 0 Å². The van der Waals surface area contributed by atoms with Crippen molar-refractivity contribution in [3.8, 4) is 0 Å². The van der Waals surface area contributed by atoms with Crippen LogP contribution in [0, 0.1) is 0 Å². The fourth-order valence-electron chi connectivity index (χ4n) is 0.861. The lowest BCUT2D eigenvalue weighted by Gasteiger charge is -2.23. The number of allylic oxidation sites excluding steroid dienone is 1. The summed E-state index contributed by atoms with van der Waals surface area (Å²) in [5.41, 5.74) is 1.02. The first-order valence-electron chi connectivity index (χ1n) is 3.85. The largest absolute Gasteiger partial charge is 0.380 e. The van der Waals surface area contributed by atoms with Crippen molar-refractivity contribution in [3.05, 3.63) is 36.7 Å². The second-order valence-electron chi connectivity index (χ2n) is 2.82. The fourth-order valence-corrected chi connectivity index (χ4v) is 0.979. The van der Waals surface area contributed by atoms with Crippen molar-refractivity contribution in [3.63, 3.8) is 0 Å². The second kappa shape index (κ2) is 3.68. The average molecular weight is 185 g/mol. The van der Waals surface area contributed by atoms with Crippen LogP contribution in [0.1, 0.15) is 6.92 Å². The third-order valence-corrected chi connectivity index (χ3v) is 1.77. The monoisotopic (exact) mass is 184 g/mol. The summed E-state index contributed by atoms with van der Waals surface area (Å²) in [6.45, 7) is 6.27. The summed E-state index contributed by atoms with van der Waals surface area (Å²) in [6, 6.07) is 0. The molecule has 0 bridgehead atoms. The number of nitrogens with one attached hydrogen (secondary N) is 2. The van der Waals surface area contributed by atoms with Crippen LogP contribution in [0.25, 0.3) is 0 Å². The highest BCUT2D eigenvalue weighted by atomic mass is 35.5. The van der Waals surface area contributed by atoms with E-state index in [1.165, 1.54) is 0 Å². The Bertz CT molecular complexity index is 229. The van der Waals surface area contributed by atoms with Crippen LogP contribution in [0.2, 0.25) is 0 Å². The van der Waals surface area contributed by atoms with E-state index in [4.69, 9.17) is 11.6 Å². The minimum atomic E-state index is -0.445. The van der Waals surface area contributed by atoms with E-state index in [2.05, 4.69) is 17.2 Å². The summed E-state index contributed by atoms with van der Waals surface area (Å²) in [6.07, 6.45) is 7.52. The van der Waals surface area contributed by atoms with Gasteiger partial charge in [0.25, 0.3) is 0 Å². The summed E-state index contributed by atoms with van der Waals surface area (Å²) in [7, 11) is 0. The quantitative estimate of drug-likeness (QED) is 0.397. The standard InChI is InChI=1S/C9H13ClN2/c1-3-6-11-8-4-5-9(2,10)12-7-8/h3-5,7,11-12H,1,6H2,2H3.